The van der Waals surface area contributed by atoms with Crippen molar-refractivity contribution in [2.75, 3.05) is 18.2 Å². The van der Waals surface area contributed by atoms with Gasteiger partial charge in [0.05, 0.1) is 12.8 Å². The number of nitrogens with one attached hydrogen (secondary N) is 2. The van der Waals surface area contributed by atoms with E-state index in [0.29, 0.717) is 23.5 Å². The van der Waals surface area contributed by atoms with Crippen LogP contribution in [0.1, 0.15) is 26.2 Å². The van der Waals surface area contributed by atoms with Crippen molar-refractivity contribution >= 4 is 23.3 Å². The van der Waals surface area contributed by atoms with Crippen LogP contribution >= 0.6 is 0 Å². The molecule has 0 saturated carbocycles. The van der Waals surface area contributed by atoms with Crippen molar-refractivity contribution in [2.24, 2.45) is 5.73 Å². The molecule has 1 unspecified atom stereocenters. The second-order valence-electron chi connectivity index (χ2n) is 4.65. The zero-order valence-electron chi connectivity index (χ0n) is 12.3. The summed E-state index contributed by atoms with van der Waals surface area (Å²) in [6.07, 6.45) is 2.25. The molecule has 6 N–H and O–H groups in total. The molecule has 0 aliphatic heterocycles. The van der Waals surface area contributed by atoms with Gasteiger partial charge in [-0.3, -0.25) is 4.79 Å². The van der Waals surface area contributed by atoms with E-state index in [2.05, 4.69) is 10.6 Å². The van der Waals surface area contributed by atoms with Gasteiger partial charge in [-0.15, -0.1) is 0 Å². The van der Waals surface area contributed by atoms with Gasteiger partial charge in [-0.1, -0.05) is 19.8 Å². The van der Waals surface area contributed by atoms with Crippen LogP contribution in [0.5, 0.6) is 5.75 Å². The van der Waals surface area contributed by atoms with E-state index in [1.54, 1.807) is 18.2 Å². The van der Waals surface area contributed by atoms with Gasteiger partial charge in [0.25, 0.3) is 0 Å². The number of urea groups is 1. The predicted octanol–water partition coefficient (Wildman–Crippen LogP) is 1.44. The molecule has 7 nitrogen and oxygen atoms in total. The van der Waals surface area contributed by atoms with Crippen molar-refractivity contribution in [1.82, 2.24) is 5.32 Å². The molecule has 0 radical (unpaired) electrons. The quantitative estimate of drug-likeness (QED) is 0.569. The van der Waals surface area contributed by atoms with Gasteiger partial charge in [-0.2, -0.15) is 0 Å². The Hall–Kier alpha value is -2.44. The van der Waals surface area contributed by atoms with Crippen molar-refractivity contribution in [3.05, 3.63) is 18.2 Å². The number of methoxy groups -OCH3 is 1. The molecular formula is C14H22N4O3. The highest BCUT2D eigenvalue weighted by atomic mass is 16.5. The summed E-state index contributed by atoms with van der Waals surface area (Å²) in [7, 11) is 1.52. The van der Waals surface area contributed by atoms with Crippen LogP contribution in [-0.2, 0) is 4.79 Å². The number of benzene rings is 1. The van der Waals surface area contributed by atoms with Crippen LogP contribution in [0, 0.1) is 0 Å². The summed E-state index contributed by atoms with van der Waals surface area (Å²) < 4.78 is 5.05. The molecule has 21 heavy (non-hydrogen) atoms. The SMILES string of the molecule is CCCCC(NC(N)=O)C(=O)Nc1ccc(OC)c(N)c1. The highest BCUT2D eigenvalue weighted by Crippen LogP contribution is 2.24. The third-order valence-corrected chi connectivity index (χ3v) is 2.98. The molecule has 0 heterocycles. The van der Waals surface area contributed by atoms with Gasteiger partial charge in [0, 0.05) is 5.69 Å². The summed E-state index contributed by atoms with van der Waals surface area (Å²) in [6.45, 7) is 2.00. The zero-order chi connectivity index (χ0) is 15.8. The fourth-order valence-corrected chi connectivity index (χ4v) is 1.89. The highest BCUT2D eigenvalue weighted by molar-refractivity contribution is 5.97. The molecule has 0 saturated heterocycles. The van der Waals surface area contributed by atoms with Gasteiger partial charge in [-0.05, 0) is 24.6 Å². The van der Waals surface area contributed by atoms with Crippen molar-refractivity contribution < 1.29 is 14.3 Å². The number of unbranched alkanes of at least 4 members (excludes halogenated alkanes) is 1. The van der Waals surface area contributed by atoms with E-state index in [0.717, 1.165) is 12.8 Å². The van der Waals surface area contributed by atoms with E-state index in [9.17, 15) is 9.59 Å². The number of amides is 3. The molecule has 0 aliphatic rings. The summed E-state index contributed by atoms with van der Waals surface area (Å²) in [5, 5.41) is 5.15. The Kier molecular flexibility index (Phi) is 6.32. The first-order valence-corrected chi connectivity index (χ1v) is 6.78. The fraction of sp³-hybridized carbons (Fsp3) is 0.429. The fourth-order valence-electron chi connectivity index (χ4n) is 1.89. The van der Waals surface area contributed by atoms with Gasteiger partial charge in [0.2, 0.25) is 5.91 Å². The van der Waals surface area contributed by atoms with Crippen LogP contribution in [0.2, 0.25) is 0 Å². The van der Waals surface area contributed by atoms with E-state index in [1.807, 2.05) is 6.92 Å². The van der Waals surface area contributed by atoms with Gasteiger partial charge >= 0.3 is 6.03 Å². The molecule has 0 spiro atoms. The number of ether oxygens (including phenoxy) is 1. The lowest BCUT2D eigenvalue weighted by atomic mass is 10.1. The second kappa shape index (κ2) is 7.98. The minimum absolute atomic E-state index is 0.327. The average Bonchev–Trinajstić information content (AvgIpc) is 2.43. The number of nitrogens with two attached hydrogens (primary N) is 2. The molecule has 3 amide bonds. The standard InChI is InChI=1S/C14H22N4O3/c1-3-4-5-11(18-14(16)20)13(19)17-9-6-7-12(21-2)10(15)8-9/h6-8,11H,3-5,15H2,1-2H3,(H,17,19)(H3,16,18,20). The van der Waals surface area contributed by atoms with Crippen molar-refractivity contribution in [2.45, 2.75) is 32.2 Å². The van der Waals surface area contributed by atoms with Crippen LogP contribution in [0.4, 0.5) is 16.2 Å². The average molecular weight is 294 g/mol. The summed E-state index contributed by atoms with van der Waals surface area (Å²) in [5.41, 5.74) is 11.8. The van der Waals surface area contributed by atoms with Crippen LogP contribution < -0.4 is 26.8 Å². The Morgan fingerprint density at radius 3 is 2.62 bits per heavy atom. The van der Waals surface area contributed by atoms with Gasteiger partial charge in [0.1, 0.15) is 11.8 Å². The third-order valence-electron chi connectivity index (χ3n) is 2.98. The summed E-state index contributed by atoms with van der Waals surface area (Å²) in [5.74, 6) is 0.206. The molecule has 1 rings (SSSR count). The Morgan fingerprint density at radius 2 is 2.10 bits per heavy atom. The minimum Gasteiger partial charge on any atom is -0.495 e. The maximum atomic E-state index is 12.2. The Bertz CT molecular complexity index is 505. The first-order chi connectivity index (χ1) is 9.97. The van der Waals surface area contributed by atoms with Crippen molar-refractivity contribution in [1.29, 1.82) is 0 Å². The zero-order valence-corrected chi connectivity index (χ0v) is 12.3. The number of nitrogen functional groups attached to an aromatic ring is 1. The summed E-state index contributed by atoms with van der Waals surface area (Å²) >= 11 is 0. The van der Waals surface area contributed by atoms with Crippen molar-refractivity contribution in [3.63, 3.8) is 0 Å². The van der Waals surface area contributed by atoms with Crippen LogP contribution in [-0.4, -0.2) is 25.1 Å². The molecule has 1 aromatic rings. The molecule has 0 fully saturated rings. The monoisotopic (exact) mass is 294 g/mol. The molecule has 0 aromatic heterocycles. The lowest BCUT2D eigenvalue weighted by molar-refractivity contribution is -0.118. The van der Waals surface area contributed by atoms with E-state index >= 15 is 0 Å². The minimum atomic E-state index is -0.722. The number of rotatable bonds is 7. The molecule has 0 aliphatic carbocycles. The lowest BCUT2D eigenvalue weighted by Gasteiger charge is -2.17. The molecule has 1 aromatic carbocycles. The normalized spacial score (nSPS) is 11.5. The Balaban J connectivity index is 2.75. The number of primary amides is 1. The summed E-state index contributed by atoms with van der Waals surface area (Å²) in [4.78, 5) is 23.1. The molecule has 7 heteroatoms. The number of hydrogen-bond acceptors (Lipinski definition) is 4. The van der Waals surface area contributed by atoms with Crippen LogP contribution in [0.15, 0.2) is 18.2 Å². The Morgan fingerprint density at radius 1 is 1.38 bits per heavy atom. The van der Waals surface area contributed by atoms with Crippen LogP contribution in [0.3, 0.4) is 0 Å². The van der Waals surface area contributed by atoms with Gasteiger partial charge in [0.15, 0.2) is 0 Å². The van der Waals surface area contributed by atoms with E-state index in [4.69, 9.17) is 16.2 Å². The number of hydrogen-bond donors (Lipinski definition) is 4. The first-order valence-electron chi connectivity index (χ1n) is 6.78. The first kappa shape index (κ1) is 16.6. The topological polar surface area (TPSA) is 119 Å². The van der Waals surface area contributed by atoms with Gasteiger partial charge in [-0.25, -0.2) is 4.79 Å². The maximum Gasteiger partial charge on any atom is 0.312 e. The van der Waals surface area contributed by atoms with E-state index < -0.39 is 12.1 Å². The number of carbonyl (C=O) groups is 2. The Labute approximate surface area is 124 Å². The smallest absolute Gasteiger partial charge is 0.312 e. The van der Waals surface area contributed by atoms with E-state index in [-0.39, 0.29) is 5.91 Å². The second-order valence-corrected chi connectivity index (χ2v) is 4.65. The highest BCUT2D eigenvalue weighted by Gasteiger charge is 2.19. The maximum absolute atomic E-state index is 12.2. The van der Waals surface area contributed by atoms with E-state index in [1.165, 1.54) is 7.11 Å². The third kappa shape index (κ3) is 5.21. The van der Waals surface area contributed by atoms with Crippen molar-refractivity contribution in [3.8, 4) is 5.75 Å². The molecule has 116 valence electrons. The lowest BCUT2D eigenvalue weighted by Crippen LogP contribution is -2.46. The molecule has 1 atom stereocenters. The molecule has 0 bridgehead atoms. The summed E-state index contributed by atoms with van der Waals surface area (Å²) in [6, 6.07) is 3.55. The number of anilines is 2. The predicted molar refractivity (Wildman–Crippen MR) is 82.1 cm³/mol. The van der Waals surface area contributed by atoms with Crippen LogP contribution in [0.25, 0.3) is 0 Å². The van der Waals surface area contributed by atoms with Gasteiger partial charge < -0.3 is 26.8 Å². The number of carbonyl (C=O) groups excluding carboxylic acids is 2. The molecular weight excluding hydrogens is 272 g/mol. The largest absolute Gasteiger partial charge is 0.495 e.